The van der Waals surface area contributed by atoms with Gasteiger partial charge in [-0.15, -0.1) is 0 Å². The van der Waals surface area contributed by atoms with Crippen LogP contribution in [-0.4, -0.2) is 18.2 Å². The van der Waals surface area contributed by atoms with Crippen molar-refractivity contribution in [3.8, 4) is 5.75 Å². The lowest BCUT2D eigenvalue weighted by atomic mass is 10.1. The Bertz CT molecular complexity index is 628. The highest BCUT2D eigenvalue weighted by atomic mass is 19.1. The van der Waals surface area contributed by atoms with Gasteiger partial charge in [-0.3, -0.25) is 0 Å². The number of rotatable bonds is 5. The van der Waals surface area contributed by atoms with Crippen LogP contribution in [-0.2, 0) is 6.54 Å². The van der Waals surface area contributed by atoms with Crippen LogP contribution in [0.4, 0.5) is 10.1 Å². The van der Waals surface area contributed by atoms with E-state index in [9.17, 15) is 9.18 Å². The van der Waals surface area contributed by atoms with Crippen molar-refractivity contribution < 1.29 is 19.0 Å². The van der Waals surface area contributed by atoms with Crippen molar-refractivity contribution in [3.05, 3.63) is 59.4 Å². The molecule has 0 aliphatic heterocycles. The smallest absolute Gasteiger partial charge is 0.337 e. The fourth-order valence-electron chi connectivity index (χ4n) is 1.82. The molecule has 0 unspecified atom stereocenters. The summed E-state index contributed by atoms with van der Waals surface area (Å²) in [5.74, 6) is -0.852. The molecule has 0 aromatic heterocycles. The Kier molecular flexibility index (Phi) is 4.20. The fourth-order valence-corrected chi connectivity index (χ4v) is 1.82. The zero-order valence-electron chi connectivity index (χ0n) is 10.9. The monoisotopic (exact) mass is 275 g/mol. The summed E-state index contributed by atoms with van der Waals surface area (Å²) in [5, 5.41) is 12.1. The Morgan fingerprint density at radius 3 is 2.70 bits per heavy atom. The Morgan fingerprint density at radius 1 is 1.30 bits per heavy atom. The first-order valence-electron chi connectivity index (χ1n) is 6.00. The second-order valence-electron chi connectivity index (χ2n) is 4.16. The zero-order chi connectivity index (χ0) is 14.5. The Hall–Kier alpha value is -2.56. The summed E-state index contributed by atoms with van der Waals surface area (Å²) in [6.45, 7) is 0.195. The number of benzene rings is 2. The maximum atomic E-state index is 13.5. The van der Waals surface area contributed by atoms with E-state index in [-0.39, 0.29) is 17.9 Å². The van der Waals surface area contributed by atoms with Gasteiger partial charge in [-0.1, -0.05) is 18.2 Å². The second kappa shape index (κ2) is 6.06. The molecule has 20 heavy (non-hydrogen) atoms. The van der Waals surface area contributed by atoms with E-state index < -0.39 is 5.97 Å². The molecule has 5 heteroatoms. The van der Waals surface area contributed by atoms with Gasteiger partial charge in [0.05, 0.1) is 18.4 Å². The number of methoxy groups -OCH3 is 1. The molecule has 2 rings (SSSR count). The van der Waals surface area contributed by atoms with Crippen molar-refractivity contribution in [3.63, 3.8) is 0 Å². The third-order valence-electron chi connectivity index (χ3n) is 2.88. The minimum absolute atomic E-state index is 0.113. The van der Waals surface area contributed by atoms with Crippen molar-refractivity contribution in [2.24, 2.45) is 0 Å². The van der Waals surface area contributed by atoms with Gasteiger partial charge >= 0.3 is 5.97 Å². The first-order chi connectivity index (χ1) is 9.61. The number of carboxylic acid groups (broad SMARTS) is 1. The highest BCUT2D eigenvalue weighted by Gasteiger charge is 2.11. The fraction of sp³-hybridized carbons (Fsp3) is 0.133. The average Bonchev–Trinajstić information content (AvgIpc) is 2.46. The first-order valence-corrected chi connectivity index (χ1v) is 6.00. The number of aromatic carboxylic acids is 1. The maximum Gasteiger partial charge on any atom is 0.337 e. The Morgan fingerprint density at radius 2 is 2.05 bits per heavy atom. The number of carbonyl (C=O) groups is 1. The van der Waals surface area contributed by atoms with Gasteiger partial charge in [0.1, 0.15) is 11.6 Å². The molecule has 0 spiro atoms. The minimum Gasteiger partial charge on any atom is -0.497 e. The van der Waals surface area contributed by atoms with Gasteiger partial charge in [0.15, 0.2) is 0 Å². The third-order valence-corrected chi connectivity index (χ3v) is 2.88. The Labute approximate surface area is 115 Å². The van der Waals surface area contributed by atoms with Crippen LogP contribution in [0.2, 0.25) is 0 Å². The van der Waals surface area contributed by atoms with Gasteiger partial charge in [-0.05, 0) is 18.2 Å². The van der Waals surface area contributed by atoms with E-state index in [1.165, 1.54) is 19.2 Å². The molecule has 2 N–H and O–H groups in total. The lowest BCUT2D eigenvalue weighted by molar-refractivity contribution is 0.0698. The Balaban J connectivity index is 2.24. The molecule has 0 amide bonds. The molecule has 4 nitrogen and oxygen atoms in total. The van der Waals surface area contributed by atoms with E-state index >= 15 is 0 Å². The lowest BCUT2D eigenvalue weighted by Crippen LogP contribution is -2.07. The lowest BCUT2D eigenvalue weighted by Gasteiger charge is -2.11. The van der Waals surface area contributed by atoms with Crippen LogP contribution in [0.1, 0.15) is 15.9 Å². The highest BCUT2D eigenvalue weighted by molar-refractivity contribution is 5.94. The highest BCUT2D eigenvalue weighted by Crippen LogP contribution is 2.23. The summed E-state index contributed by atoms with van der Waals surface area (Å²) >= 11 is 0. The van der Waals surface area contributed by atoms with Gasteiger partial charge in [-0.25, -0.2) is 9.18 Å². The summed E-state index contributed by atoms with van der Waals surface area (Å²) in [4.78, 5) is 11.1. The summed E-state index contributed by atoms with van der Waals surface area (Å²) in [6, 6.07) is 10.9. The van der Waals surface area contributed by atoms with Gasteiger partial charge in [0, 0.05) is 18.2 Å². The molecular formula is C15H14FNO3. The van der Waals surface area contributed by atoms with Crippen LogP contribution in [0.3, 0.4) is 0 Å². The minimum atomic E-state index is -1.05. The summed E-state index contributed by atoms with van der Waals surface area (Å²) in [5.41, 5.74) is 0.967. The molecule has 0 saturated heterocycles. The maximum absolute atomic E-state index is 13.5. The first kappa shape index (κ1) is 13.9. The van der Waals surface area contributed by atoms with Crippen LogP contribution in [0, 0.1) is 5.82 Å². The molecule has 0 atom stereocenters. The molecule has 0 aliphatic rings. The van der Waals surface area contributed by atoms with E-state index in [1.807, 2.05) is 0 Å². The second-order valence-corrected chi connectivity index (χ2v) is 4.16. The number of carboxylic acids is 1. The van der Waals surface area contributed by atoms with Crippen molar-refractivity contribution in [2.45, 2.75) is 6.54 Å². The average molecular weight is 275 g/mol. The standard InChI is InChI=1S/C15H14FNO3/c1-20-11-6-7-12(15(18)19)14(8-11)17-9-10-4-2-3-5-13(10)16/h2-8,17H,9H2,1H3,(H,18,19). The third kappa shape index (κ3) is 3.06. The number of ether oxygens (including phenoxy) is 1. The van der Waals surface area contributed by atoms with Crippen molar-refractivity contribution in [1.29, 1.82) is 0 Å². The molecule has 104 valence electrons. The molecule has 0 aliphatic carbocycles. The normalized spacial score (nSPS) is 10.1. The molecule has 0 heterocycles. The van der Waals surface area contributed by atoms with Crippen LogP contribution in [0.25, 0.3) is 0 Å². The van der Waals surface area contributed by atoms with E-state index in [0.717, 1.165) is 0 Å². The van der Waals surface area contributed by atoms with Gasteiger partial charge in [0.2, 0.25) is 0 Å². The molecule has 2 aromatic rings. The number of nitrogens with one attached hydrogen (secondary N) is 1. The molecule has 0 fully saturated rings. The van der Waals surface area contributed by atoms with Crippen molar-refractivity contribution in [2.75, 3.05) is 12.4 Å². The summed E-state index contributed by atoms with van der Waals surface area (Å²) in [6.07, 6.45) is 0. The predicted octanol–water partition coefficient (Wildman–Crippen LogP) is 3.14. The van der Waals surface area contributed by atoms with Crippen molar-refractivity contribution >= 4 is 11.7 Å². The van der Waals surface area contributed by atoms with E-state index in [2.05, 4.69) is 5.32 Å². The van der Waals surface area contributed by atoms with Gasteiger partial charge in [-0.2, -0.15) is 0 Å². The summed E-state index contributed by atoms with van der Waals surface area (Å²) < 4.78 is 18.6. The quantitative estimate of drug-likeness (QED) is 0.880. The summed E-state index contributed by atoms with van der Waals surface area (Å²) in [7, 11) is 1.50. The van der Waals surface area contributed by atoms with E-state index in [4.69, 9.17) is 9.84 Å². The largest absolute Gasteiger partial charge is 0.497 e. The van der Waals surface area contributed by atoms with Crippen LogP contribution >= 0.6 is 0 Å². The SMILES string of the molecule is COc1ccc(C(=O)O)c(NCc2ccccc2F)c1. The molecule has 0 bridgehead atoms. The van der Waals surface area contributed by atoms with E-state index in [1.54, 1.807) is 30.3 Å². The topological polar surface area (TPSA) is 58.6 Å². The van der Waals surface area contributed by atoms with Crippen LogP contribution in [0.15, 0.2) is 42.5 Å². The van der Waals surface area contributed by atoms with Crippen LogP contribution in [0.5, 0.6) is 5.75 Å². The molecule has 0 saturated carbocycles. The molecule has 2 aromatic carbocycles. The molecular weight excluding hydrogens is 261 g/mol. The van der Waals surface area contributed by atoms with E-state index in [0.29, 0.717) is 17.0 Å². The number of halogens is 1. The van der Waals surface area contributed by atoms with Gasteiger partial charge in [0.25, 0.3) is 0 Å². The van der Waals surface area contributed by atoms with Crippen molar-refractivity contribution in [1.82, 2.24) is 0 Å². The zero-order valence-corrected chi connectivity index (χ0v) is 10.9. The molecule has 0 radical (unpaired) electrons. The van der Waals surface area contributed by atoms with Gasteiger partial charge < -0.3 is 15.2 Å². The number of anilines is 1. The predicted molar refractivity (Wildman–Crippen MR) is 73.7 cm³/mol. The number of hydrogen-bond acceptors (Lipinski definition) is 3. The number of hydrogen-bond donors (Lipinski definition) is 2. The van der Waals surface area contributed by atoms with Crippen LogP contribution < -0.4 is 10.1 Å².